The summed E-state index contributed by atoms with van der Waals surface area (Å²) < 4.78 is 33.9. The molecule has 0 atom stereocenters. The van der Waals surface area contributed by atoms with Crippen LogP contribution in [0.3, 0.4) is 0 Å². The van der Waals surface area contributed by atoms with Gasteiger partial charge in [0.15, 0.2) is 0 Å². The van der Waals surface area contributed by atoms with Gasteiger partial charge in [-0.2, -0.15) is 0 Å². The fourth-order valence-corrected chi connectivity index (χ4v) is 5.68. The van der Waals surface area contributed by atoms with Crippen molar-refractivity contribution in [2.75, 3.05) is 34.2 Å². The fourth-order valence-electron chi connectivity index (χ4n) is 4.23. The van der Waals surface area contributed by atoms with Crippen LogP contribution in [-0.4, -0.2) is 39.9 Å². The molecule has 0 aliphatic carbocycles. The Morgan fingerprint density at radius 3 is 2.44 bits per heavy atom. The summed E-state index contributed by atoms with van der Waals surface area (Å²) in [5.74, 6) is -0.0578. The third kappa shape index (κ3) is 5.36. The van der Waals surface area contributed by atoms with Gasteiger partial charge in [-0.1, -0.05) is 30.3 Å². The Morgan fingerprint density at radius 2 is 1.78 bits per heavy atom. The molecule has 3 aromatic carbocycles. The highest BCUT2D eigenvalue weighted by atomic mass is 32.2. The second kappa shape index (κ2) is 10.8. The van der Waals surface area contributed by atoms with Gasteiger partial charge >= 0.3 is 0 Å². The first kappa shape index (κ1) is 25.2. The molecule has 1 aliphatic rings. The van der Waals surface area contributed by atoms with Crippen LogP contribution >= 0.6 is 0 Å². The Hall–Kier alpha value is -3.85. The van der Waals surface area contributed by atoms with E-state index in [1.165, 1.54) is 12.1 Å². The zero-order valence-corrected chi connectivity index (χ0v) is 21.1. The maximum Gasteiger partial charge on any atom is 0.264 e. The number of nitrogens with one attached hydrogen (secondary N) is 1. The SMILES string of the molecule is CCOc1ccccc1N(CC(=O)Nc1ccc(N2CCCC2=O)c(C)c1)S(=O)(=O)c1ccccc1. The number of para-hydroxylation sites is 2. The minimum atomic E-state index is -4.07. The van der Waals surface area contributed by atoms with Gasteiger partial charge in [0.05, 0.1) is 17.2 Å². The lowest BCUT2D eigenvalue weighted by Gasteiger charge is -2.26. The Labute approximate surface area is 211 Å². The number of rotatable bonds is 9. The van der Waals surface area contributed by atoms with Crippen molar-refractivity contribution < 1.29 is 22.7 Å². The summed E-state index contributed by atoms with van der Waals surface area (Å²) in [5.41, 5.74) is 2.45. The summed E-state index contributed by atoms with van der Waals surface area (Å²) in [7, 11) is -4.07. The molecule has 0 spiro atoms. The maximum atomic E-state index is 13.6. The van der Waals surface area contributed by atoms with Gasteiger partial charge in [-0.25, -0.2) is 8.42 Å². The number of hydrogen-bond acceptors (Lipinski definition) is 5. The summed E-state index contributed by atoms with van der Waals surface area (Å²) in [6, 6.07) is 20.0. The van der Waals surface area contributed by atoms with E-state index in [0.29, 0.717) is 31.0 Å². The first-order valence-electron chi connectivity index (χ1n) is 11.8. The number of benzene rings is 3. The first-order valence-corrected chi connectivity index (χ1v) is 13.3. The van der Waals surface area contributed by atoms with Gasteiger partial charge in [-0.3, -0.25) is 13.9 Å². The third-order valence-electron chi connectivity index (χ3n) is 5.90. The fraction of sp³-hybridized carbons (Fsp3) is 0.259. The third-order valence-corrected chi connectivity index (χ3v) is 7.67. The van der Waals surface area contributed by atoms with Crippen molar-refractivity contribution >= 4 is 38.9 Å². The number of carbonyl (C=O) groups excluding carboxylic acids is 2. The van der Waals surface area contributed by atoms with Crippen LogP contribution in [0.2, 0.25) is 0 Å². The van der Waals surface area contributed by atoms with E-state index >= 15 is 0 Å². The van der Waals surface area contributed by atoms with Gasteiger partial charge in [0.1, 0.15) is 12.3 Å². The molecule has 0 saturated carbocycles. The lowest BCUT2D eigenvalue weighted by molar-refractivity contribution is -0.117. The molecule has 0 unspecified atom stereocenters. The van der Waals surface area contributed by atoms with Gasteiger partial charge in [-0.05, 0) is 68.3 Å². The zero-order valence-electron chi connectivity index (χ0n) is 20.3. The molecule has 2 amide bonds. The first-order chi connectivity index (χ1) is 17.3. The van der Waals surface area contributed by atoms with Crippen molar-refractivity contribution in [2.45, 2.75) is 31.6 Å². The summed E-state index contributed by atoms with van der Waals surface area (Å²) in [4.78, 5) is 27.1. The summed E-state index contributed by atoms with van der Waals surface area (Å²) in [5, 5.41) is 2.80. The molecule has 1 fully saturated rings. The molecule has 0 radical (unpaired) electrons. The molecule has 8 nitrogen and oxygen atoms in total. The molecular weight excluding hydrogens is 478 g/mol. The Morgan fingerprint density at radius 1 is 1.06 bits per heavy atom. The van der Waals surface area contributed by atoms with Gasteiger partial charge in [0.25, 0.3) is 10.0 Å². The standard InChI is InChI=1S/C27H29N3O5S/c1-3-35-25-13-8-7-12-24(25)30(36(33,34)22-10-5-4-6-11-22)19-26(31)28-21-15-16-23(20(2)18-21)29-17-9-14-27(29)32/h4-8,10-13,15-16,18H,3,9,14,17,19H2,1-2H3,(H,28,31). The molecule has 36 heavy (non-hydrogen) atoms. The number of nitrogens with zero attached hydrogens (tertiary/aromatic N) is 2. The largest absolute Gasteiger partial charge is 0.492 e. The van der Waals surface area contributed by atoms with Crippen LogP contribution in [0.1, 0.15) is 25.3 Å². The molecule has 0 bridgehead atoms. The van der Waals surface area contributed by atoms with E-state index in [2.05, 4.69) is 5.32 Å². The van der Waals surface area contributed by atoms with Gasteiger partial charge in [0.2, 0.25) is 11.8 Å². The van der Waals surface area contributed by atoms with Crippen molar-refractivity contribution in [3.8, 4) is 5.75 Å². The monoisotopic (exact) mass is 507 g/mol. The summed E-state index contributed by atoms with van der Waals surface area (Å²) in [6.45, 7) is 4.25. The topological polar surface area (TPSA) is 96.0 Å². The molecule has 3 aromatic rings. The van der Waals surface area contributed by atoms with E-state index in [-0.39, 0.29) is 16.5 Å². The van der Waals surface area contributed by atoms with Crippen LogP contribution in [0.4, 0.5) is 17.1 Å². The molecule has 4 rings (SSSR count). The minimum absolute atomic E-state index is 0.0691. The molecule has 1 N–H and O–H groups in total. The molecule has 9 heteroatoms. The molecule has 0 aromatic heterocycles. The van der Waals surface area contributed by atoms with Gasteiger partial charge in [-0.15, -0.1) is 0 Å². The summed E-state index contributed by atoms with van der Waals surface area (Å²) >= 11 is 0. The minimum Gasteiger partial charge on any atom is -0.492 e. The van der Waals surface area contributed by atoms with Crippen molar-refractivity contribution in [3.63, 3.8) is 0 Å². The molecule has 1 heterocycles. The zero-order chi connectivity index (χ0) is 25.7. The van der Waals surface area contributed by atoms with E-state index in [0.717, 1.165) is 22.0 Å². The highest BCUT2D eigenvalue weighted by molar-refractivity contribution is 7.92. The van der Waals surface area contributed by atoms with Crippen molar-refractivity contribution in [2.24, 2.45) is 0 Å². The van der Waals surface area contributed by atoms with Crippen LogP contribution in [0.15, 0.2) is 77.7 Å². The molecule has 1 aliphatic heterocycles. The number of hydrogen-bond donors (Lipinski definition) is 1. The van der Waals surface area contributed by atoms with Gasteiger partial charge < -0.3 is 15.0 Å². The molecule has 1 saturated heterocycles. The number of anilines is 3. The van der Waals surface area contributed by atoms with Gasteiger partial charge in [0, 0.05) is 24.3 Å². The number of carbonyl (C=O) groups is 2. The molecule has 188 valence electrons. The second-order valence-electron chi connectivity index (χ2n) is 8.42. The number of sulfonamides is 1. The second-order valence-corrected chi connectivity index (χ2v) is 10.3. The highest BCUT2D eigenvalue weighted by Gasteiger charge is 2.29. The van der Waals surface area contributed by atoms with E-state index in [4.69, 9.17) is 4.74 Å². The normalized spacial score (nSPS) is 13.5. The predicted molar refractivity (Wildman–Crippen MR) is 140 cm³/mol. The Bertz CT molecular complexity index is 1360. The predicted octanol–water partition coefficient (Wildman–Crippen LogP) is 4.35. The maximum absolute atomic E-state index is 13.6. The lowest BCUT2D eigenvalue weighted by Crippen LogP contribution is -2.38. The average Bonchev–Trinajstić information content (AvgIpc) is 3.29. The van der Waals surface area contributed by atoms with E-state index in [9.17, 15) is 18.0 Å². The van der Waals surface area contributed by atoms with Crippen LogP contribution in [0.25, 0.3) is 0 Å². The molecular formula is C27H29N3O5S. The van der Waals surface area contributed by atoms with Crippen molar-refractivity contribution in [1.29, 1.82) is 0 Å². The smallest absolute Gasteiger partial charge is 0.264 e. The lowest BCUT2D eigenvalue weighted by atomic mass is 10.1. The summed E-state index contributed by atoms with van der Waals surface area (Å²) in [6.07, 6.45) is 1.36. The number of amides is 2. The van der Waals surface area contributed by atoms with Crippen LogP contribution in [-0.2, 0) is 19.6 Å². The Balaban J connectivity index is 1.61. The Kier molecular flexibility index (Phi) is 7.59. The van der Waals surface area contributed by atoms with Crippen molar-refractivity contribution in [3.05, 3.63) is 78.4 Å². The highest BCUT2D eigenvalue weighted by Crippen LogP contribution is 2.33. The number of ether oxygens (including phenoxy) is 1. The van der Waals surface area contributed by atoms with Crippen LogP contribution in [0, 0.1) is 6.92 Å². The van der Waals surface area contributed by atoms with E-state index in [1.807, 2.05) is 6.92 Å². The number of aryl methyl sites for hydroxylation is 1. The van der Waals surface area contributed by atoms with E-state index in [1.54, 1.807) is 72.5 Å². The quantitative estimate of drug-likeness (QED) is 0.464. The average molecular weight is 508 g/mol. The van der Waals surface area contributed by atoms with Crippen molar-refractivity contribution in [1.82, 2.24) is 0 Å². The van der Waals surface area contributed by atoms with Crippen LogP contribution in [0.5, 0.6) is 5.75 Å². The van der Waals surface area contributed by atoms with E-state index < -0.39 is 22.5 Å². The van der Waals surface area contributed by atoms with Crippen LogP contribution < -0.4 is 19.3 Å².